The van der Waals surface area contributed by atoms with Crippen LogP contribution in [0.25, 0.3) is 0 Å². The van der Waals surface area contributed by atoms with Crippen molar-refractivity contribution in [2.75, 3.05) is 36.2 Å². The van der Waals surface area contributed by atoms with Crippen molar-refractivity contribution in [1.29, 1.82) is 0 Å². The van der Waals surface area contributed by atoms with E-state index in [2.05, 4.69) is 15.6 Å². The zero-order valence-electron chi connectivity index (χ0n) is 16.3. The van der Waals surface area contributed by atoms with Gasteiger partial charge in [-0.05, 0) is 61.5 Å². The lowest BCUT2D eigenvalue weighted by Crippen LogP contribution is -2.12. The highest BCUT2D eigenvalue weighted by Gasteiger charge is 2.08. The minimum Gasteiger partial charge on any atom is -0.494 e. The van der Waals surface area contributed by atoms with Gasteiger partial charge in [-0.1, -0.05) is 0 Å². The zero-order chi connectivity index (χ0) is 19.9. The number of amides is 1. The first kappa shape index (κ1) is 19.2. The molecule has 0 atom stereocenters. The first-order valence-corrected chi connectivity index (χ1v) is 9.09. The van der Waals surface area contributed by atoms with Gasteiger partial charge in [0.25, 0.3) is 5.91 Å². The predicted molar refractivity (Wildman–Crippen MR) is 114 cm³/mol. The number of pyridine rings is 1. The molecular formula is C22H24N4O2. The fourth-order valence-corrected chi connectivity index (χ4v) is 2.65. The molecule has 1 amide bonds. The monoisotopic (exact) mass is 376 g/mol. The molecule has 0 bridgehead atoms. The van der Waals surface area contributed by atoms with Crippen molar-refractivity contribution in [2.24, 2.45) is 0 Å². The van der Waals surface area contributed by atoms with E-state index in [0.717, 1.165) is 22.8 Å². The Labute approximate surface area is 165 Å². The third-order valence-corrected chi connectivity index (χ3v) is 4.10. The molecule has 0 aliphatic carbocycles. The number of benzene rings is 2. The van der Waals surface area contributed by atoms with Crippen molar-refractivity contribution in [3.8, 4) is 5.75 Å². The molecule has 0 aliphatic heterocycles. The molecule has 0 spiro atoms. The summed E-state index contributed by atoms with van der Waals surface area (Å²) in [4.78, 5) is 18.7. The zero-order valence-corrected chi connectivity index (χ0v) is 16.3. The average molecular weight is 376 g/mol. The van der Waals surface area contributed by atoms with Gasteiger partial charge in [-0.3, -0.25) is 9.78 Å². The number of carbonyl (C=O) groups is 1. The van der Waals surface area contributed by atoms with Crippen molar-refractivity contribution in [3.63, 3.8) is 0 Å². The van der Waals surface area contributed by atoms with Crippen LogP contribution in [0.5, 0.6) is 5.75 Å². The number of hydrogen-bond donors (Lipinski definition) is 2. The van der Waals surface area contributed by atoms with Crippen molar-refractivity contribution in [2.45, 2.75) is 6.92 Å². The Balaban J connectivity index is 1.67. The van der Waals surface area contributed by atoms with Crippen LogP contribution < -0.4 is 20.3 Å². The molecule has 0 aliphatic rings. The number of nitrogens with zero attached hydrogens (tertiary/aromatic N) is 2. The highest BCUT2D eigenvalue weighted by atomic mass is 16.5. The normalized spacial score (nSPS) is 10.2. The van der Waals surface area contributed by atoms with Crippen molar-refractivity contribution in [1.82, 2.24) is 4.98 Å². The molecule has 0 saturated heterocycles. The van der Waals surface area contributed by atoms with Gasteiger partial charge in [-0.15, -0.1) is 0 Å². The summed E-state index contributed by atoms with van der Waals surface area (Å²) in [7, 11) is 4.00. The fourth-order valence-electron chi connectivity index (χ4n) is 2.65. The van der Waals surface area contributed by atoms with Gasteiger partial charge in [0.2, 0.25) is 0 Å². The molecule has 6 nitrogen and oxygen atoms in total. The SMILES string of the molecule is CCOc1ccc(NC(=O)c2cncc(Nc3ccc(N(C)C)cc3)c2)cc1. The van der Waals surface area contributed by atoms with E-state index in [1.165, 1.54) is 0 Å². The van der Waals surface area contributed by atoms with Crippen molar-refractivity contribution >= 4 is 28.7 Å². The van der Waals surface area contributed by atoms with Crippen LogP contribution in [-0.4, -0.2) is 31.6 Å². The maximum Gasteiger partial charge on any atom is 0.257 e. The highest BCUT2D eigenvalue weighted by molar-refractivity contribution is 6.04. The Morgan fingerprint density at radius 2 is 1.64 bits per heavy atom. The molecule has 1 heterocycles. The average Bonchev–Trinajstić information content (AvgIpc) is 2.70. The predicted octanol–water partition coefficient (Wildman–Crippen LogP) is 4.54. The third-order valence-electron chi connectivity index (χ3n) is 4.10. The molecular weight excluding hydrogens is 352 g/mol. The van der Waals surface area contributed by atoms with Crippen LogP contribution in [0.4, 0.5) is 22.7 Å². The second-order valence-corrected chi connectivity index (χ2v) is 6.44. The maximum atomic E-state index is 12.5. The second-order valence-electron chi connectivity index (χ2n) is 6.44. The van der Waals surface area contributed by atoms with Crippen LogP contribution in [-0.2, 0) is 0 Å². The Morgan fingerprint density at radius 1 is 0.964 bits per heavy atom. The number of rotatable bonds is 7. The summed E-state index contributed by atoms with van der Waals surface area (Å²) in [6.07, 6.45) is 3.23. The lowest BCUT2D eigenvalue weighted by atomic mass is 10.2. The summed E-state index contributed by atoms with van der Waals surface area (Å²) in [6.45, 7) is 2.54. The van der Waals surface area contributed by atoms with Gasteiger partial charge in [0.05, 0.1) is 24.1 Å². The van der Waals surface area contributed by atoms with Crippen molar-refractivity contribution in [3.05, 3.63) is 72.6 Å². The third kappa shape index (κ3) is 5.01. The molecule has 0 saturated carbocycles. The molecule has 28 heavy (non-hydrogen) atoms. The quantitative estimate of drug-likeness (QED) is 0.634. The lowest BCUT2D eigenvalue weighted by molar-refractivity contribution is 0.102. The maximum absolute atomic E-state index is 12.5. The molecule has 3 rings (SSSR count). The number of carbonyl (C=O) groups excluding carboxylic acids is 1. The van der Waals surface area contributed by atoms with E-state index < -0.39 is 0 Å². The van der Waals surface area contributed by atoms with Crippen molar-refractivity contribution < 1.29 is 9.53 Å². The van der Waals surface area contributed by atoms with Crippen LogP contribution in [0.3, 0.4) is 0 Å². The van der Waals surface area contributed by atoms with Gasteiger partial charge < -0.3 is 20.3 Å². The molecule has 0 unspecified atom stereocenters. The molecule has 6 heteroatoms. The second kappa shape index (κ2) is 8.90. The molecule has 144 valence electrons. The standard InChI is InChI=1S/C22H24N4O2/c1-4-28-21-11-7-18(8-12-21)25-22(27)16-13-19(15-23-14-16)24-17-5-9-20(10-6-17)26(2)3/h5-15,24H,4H2,1-3H3,(H,25,27). The minimum absolute atomic E-state index is 0.219. The summed E-state index contributed by atoms with van der Waals surface area (Å²) < 4.78 is 5.41. The van der Waals surface area contributed by atoms with Crippen LogP contribution >= 0.6 is 0 Å². The van der Waals surface area contributed by atoms with E-state index in [4.69, 9.17) is 4.74 Å². The number of aromatic nitrogens is 1. The van der Waals surface area contributed by atoms with E-state index in [1.54, 1.807) is 18.5 Å². The Morgan fingerprint density at radius 3 is 2.29 bits per heavy atom. The smallest absolute Gasteiger partial charge is 0.257 e. The number of hydrogen-bond acceptors (Lipinski definition) is 5. The fraction of sp³-hybridized carbons (Fsp3) is 0.182. The Kier molecular flexibility index (Phi) is 6.11. The van der Waals surface area contributed by atoms with Gasteiger partial charge in [-0.2, -0.15) is 0 Å². The van der Waals surface area contributed by atoms with Gasteiger partial charge in [0, 0.05) is 37.4 Å². The first-order chi connectivity index (χ1) is 13.5. The van der Waals surface area contributed by atoms with E-state index >= 15 is 0 Å². The molecule has 1 aromatic heterocycles. The molecule has 0 radical (unpaired) electrons. The van der Waals surface area contributed by atoms with Crippen LogP contribution in [0.2, 0.25) is 0 Å². The largest absolute Gasteiger partial charge is 0.494 e. The summed E-state index contributed by atoms with van der Waals surface area (Å²) >= 11 is 0. The van der Waals surface area contributed by atoms with Gasteiger partial charge >= 0.3 is 0 Å². The summed E-state index contributed by atoms with van der Waals surface area (Å²) in [5.74, 6) is 0.553. The summed E-state index contributed by atoms with van der Waals surface area (Å²) in [6, 6.07) is 17.1. The van der Waals surface area contributed by atoms with E-state index in [1.807, 2.05) is 74.4 Å². The molecule has 3 aromatic rings. The molecule has 0 fully saturated rings. The van der Waals surface area contributed by atoms with Crippen LogP contribution in [0, 0.1) is 0 Å². The topological polar surface area (TPSA) is 66.5 Å². The Hall–Kier alpha value is -3.54. The number of nitrogens with one attached hydrogen (secondary N) is 2. The van der Waals surface area contributed by atoms with E-state index in [-0.39, 0.29) is 5.91 Å². The summed E-state index contributed by atoms with van der Waals surface area (Å²) in [5, 5.41) is 6.14. The first-order valence-electron chi connectivity index (χ1n) is 9.09. The van der Waals surface area contributed by atoms with Crippen LogP contribution in [0.15, 0.2) is 67.0 Å². The van der Waals surface area contributed by atoms with E-state index in [9.17, 15) is 4.79 Å². The summed E-state index contributed by atoms with van der Waals surface area (Å²) in [5.41, 5.74) is 3.97. The van der Waals surface area contributed by atoms with Gasteiger partial charge in [0.1, 0.15) is 5.75 Å². The molecule has 2 N–H and O–H groups in total. The number of anilines is 4. The lowest BCUT2D eigenvalue weighted by Gasteiger charge is -2.13. The Bertz CT molecular complexity index is 922. The van der Waals surface area contributed by atoms with Crippen LogP contribution in [0.1, 0.15) is 17.3 Å². The highest BCUT2D eigenvalue weighted by Crippen LogP contribution is 2.21. The molecule has 2 aromatic carbocycles. The van der Waals surface area contributed by atoms with E-state index in [0.29, 0.717) is 17.9 Å². The van der Waals surface area contributed by atoms with Gasteiger partial charge in [0.15, 0.2) is 0 Å². The minimum atomic E-state index is -0.219. The number of ether oxygens (including phenoxy) is 1. The van der Waals surface area contributed by atoms with Gasteiger partial charge in [-0.25, -0.2) is 0 Å².